The molecule has 0 saturated carbocycles. The molecule has 0 bridgehead atoms. The standard InChI is InChI=1S/C19H34N4O7S/c1-5-10(4)15(18(28)21-12(19(29)30)6-7-13(24)25)23-17(27)14(9(2)3)22-16(26)11(20)8-31/h9-12,14-15,31H,5-8,20H2,1-4H3,(H,21,28)(H,22,26)(H,23,27)(H,24,25)(H,29,30). The lowest BCUT2D eigenvalue weighted by molar-refractivity contribution is -0.143. The van der Waals surface area contributed by atoms with E-state index in [2.05, 4.69) is 28.6 Å². The average molecular weight is 463 g/mol. The van der Waals surface area contributed by atoms with Gasteiger partial charge in [0.15, 0.2) is 0 Å². The Morgan fingerprint density at radius 3 is 1.84 bits per heavy atom. The van der Waals surface area contributed by atoms with Crippen LogP contribution in [0.3, 0.4) is 0 Å². The van der Waals surface area contributed by atoms with Crippen molar-refractivity contribution in [1.82, 2.24) is 16.0 Å². The molecule has 12 heteroatoms. The van der Waals surface area contributed by atoms with E-state index >= 15 is 0 Å². The van der Waals surface area contributed by atoms with Crippen molar-refractivity contribution in [3.63, 3.8) is 0 Å². The van der Waals surface area contributed by atoms with E-state index in [1.165, 1.54) is 0 Å². The number of thiol groups is 1. The summed E-state index contributed by atoms with van der Waals surface area (Å²) in [6.45, 7) is 6.92. The minimum absolute atomic E-state index is 0.0864. The van der Waals surface area contributed by atoms with E-state index < -0.39 is 60.2 Å². The maximum Gasteiger partial charge on any atom is 0.326 e. The van der Waals surface area contributed by atoms with Crippen LogP contribution in [0.5, 0.6) is 0 Å². The van der Waals surface area contributed by atoms with Crippen LogP contribution < -0.4 is 21.7 Å². The Kier molecular flexibility index (Phi) is 12.8. The van der Waals surface area contributed by atoms with Gasteiger partial charge >= 0.3 is 11.9 Å². The lowest BCUT2D eigenvalue weighted by Crippen LogP contribution is -2.59. The molecule has 0 aromatic carbocycles. The molecule has 31 heavy (non-hydrogen) atoms. The van der Waals surface area contributed by atoms with Gasteiger partial charge in [-0.15, -0.1) is 0 Å². The Hall–Kier alpha value is -2.34. The van der Waals surface area contributed by atoms with Gasteiger partial charge in [-0.1, -0.05) is 34.1 Å². The van der Waals surface area contributed by atoms with Crippen molar-refractivity contribution in [1.29, 1.82) is 0 Å². The summed E-state index contributed by atoms with van der Waals surface area (Å²) >= 11 is 3.96. The number of nitrogens with two attached hydrogens (primary N) is 1. The fourth-order valence-electron chi connectivity index (χ4n) is 2.61. The first kappa shape index (κ1) is 28.7. The van der Waals surface area contributed by atoms with Crippen molar-refractivity contribution in [2.24, 2.45) is 17.6 Å². The summed E-state index contributed by atoms with van der Waals surface area (Å²) in [6.07, 6.45) is -0.247. The van der Waals surface area contributed by atoms with E-state index in [9.17, 15) is 29.1 Å². The van der Waals surface area contributed by atoms with Crippen LogP contribution in [0, 0.1) is 11.8 Å². The minimum Gasteiger partial charge on any atom is -0.481 e. The second kappa shape index (κ2) is 13.9. The van der Waals surface area contributed by atoms with Gasteiger partial charge in [0.2, 0.25) is 17.7 Å². The molecule has 7 N–H and O–H groups in total. The van der Waals surface area contributed by atoms with Gasteiger partial charge < -0.3 is 31.9 Å². The van der Waals surface area contributed by atoms with Gasteiger partial charge in [0.25, 0.3) is 0 Å². The third-order valence-corrected chi connectivity index (χ3v) is 5.23. The summed E-state index contributed by atoms with van der Waals surface area (Å²) < 4.78 is 0. The molecule has 0 spiro atoms. The third-order valence-electron chi connectivity index (χ3n) is 4.84. The summed E-state index contributed by atoms with van der Waals surface area (Å²) in [7, 11) is 0. The number of rotatable bonds is 14. The molecule has 178 valence electrons. The fraction of sp³-hybridized carbons (Fsp3) is 0.737. The Morgan fingerprint density at radius 2 is 1.42 bits per heavy atom. The highest BCUT2D eigenvalue weighted by molar-refractivity contribution is 7.80. The second-order valence-corrected chi connectivity index (χ2v) is 8.09. The van der Waals surface area contributed by atoms with Gasteiger partial charge in [-0.05, 0) is 18.3 Å². The monoisotopic (exact) mass is 462 g/mol. The Labute approximate surface area is 187 Å². The van der Waals surface area contributed by atoms with E-state index in [-0.39, 0.29) is 24.0 Å². The molecule has 0 aromatic heterocycles. The second-order valence-electron chi connectivity index (χ2n) is 7.72. The number of carboxylic acid groups (broad SMARTS) is 2. The number of carbonyl (C=O) groups is 5. The predicted molar refractivity (Wildman–Crippen MR) is 116 cm³/mol. The minimum atomic E-state index is -1.42. The van der Waals surface area contributed by atoms with Crippen LogP contribution >= 0.6 is 12.6 Å². The fourth-order valence-corrected chi connectivity index (χ4v) is 2.78. The summed E-state index contributed by atoms with van der Waals surface area (Å²) in [5.74, 6) is -5.09. The number of amides is 3. The van der Waals surface area contributed by atoms with Crippen molar-refractivity contribution in [2.75, 3.05) is 5.75 Å². The highest BCUT2D eigenvalue weighted by atomic mass is 32.1. The smallest absolute Gasteiger partial charge is 0.326 e. The number of hydrogen-bond acceptors (Lipinski definition) is 7. The maximum absolute atomic E-state index is 12.8. The first-order valence-electron chi connectivity index (χ1n) is 10.1. The first-order chi connectivity index (χ1) is 14.3. The summed E-state index contributed by atoms with van der Waals surface area (Å²) in [5, 5.41) is 25.5. The van der Waals surface area contributed by atoms with E-state index in [1.807, 2.05) is 0 Å². The van der Waals surface area contributed by atoms with Crippen LogP contribution in [-0.2, 0) is 24.0 Å². The molecular weight excluding hydrogens is 428 g/mol. The van der Waals surface area contributed by atoms with Crippen LogP contribution in [0.1, 0.15) is 47.0 Å². The van der Waals surface area contributed by atoms with Crippen LogP contribution in [0.2, 0.25) is 0 Å². The van der Waals surface area contributed by atoms with Crippen LogP contribution in [-0.4, -0.2) is 69.8 Å². The molecule has 5 atom stereocenters. The number of carbonyl (C=O) groups excluding carboxylic acids is 3. The lowest BCUT2D eigenvalue weighted by Gasteiger charge is -2.29. The lowest BCUT2D eigenvalue weighted by atomic mass is 9.96. The van der Waals surface area contributed by atoms with Crippen molar-refractivity contribution in [3.8, 4) is 0 Å². The molecule has 0 heterocycles. The van der Waals surface area contributed by atoms with Gasteiger partial charge in [0.05, 0.1) is 6.04 Å². The van der Waals surface area contributed by atoms with Gasteiger partial charge in [-0.25, -0.2) is 4.79 Å². The Bertz CT molecular complexity index is 659. The van der Waals surface area contributed by atoms with Gasteiger partial charge in [-0.3, -0.25) is 19.2 Å². The van der Waals surface area contributed by atoms with Crippen LogP contribution in [0.25, 0.3) is 0 Å². The zero-order valence-electron chi connectivity index (χ0n) is 18.3. The third kappa shape index (κ3) is 10.0. The average Bonchev–Trinajstić information content (AvgIpc) is 2.70. The Balaban J connectivity index is 5.46. The normalized spacial score (nSPS) is 15.8. The molecule has 5 unspecified atom stereocenters. The highest BCUT2D eigenvalue weighted by Gasteiger charge is 2.33. The van der Waals surface area contributed by atoms with Crippen molar-refractivity contribution in [3.05, 3.63) is 0 Å². The SMILES string of the molecule is CCC(C)C(NC(=O)C(NC(=O)C(N)CS)C(C)C)C(=O)NC(CCC(=O)O)C(=O)O. The highest BCUT2D eigenvalue weighted by Crippen LogP contribution is 2.11. The van der Waals surface area contributed by atoms with Crippen molar-refractivity contribution in [2.45, 2.75) is 71.1 Å². The van der Waals surface area contributed by atoms with E-state index in [0.29, 0.717) is 6.42 Å². The van der Waals surface area contributed by atoms with Gasteiger partial charge in [-0.2, -0.15) is 12.6 Å². The predicted octanol–water partition coefficient (Wildman–Crippen LogP) is -0.651. The molecule has 0 aliphatic rings. The quantitative estimate of drug-likeness (QED) is 0.166. The van der Waals surface area contributed by atoms with Crippen LogP contribution in [0.4, 0.5) is 0 Å². The first-order valence-corrected chi connectivity index (χ1v) is 10.7. The topological polar surface area (TPSA) is 188 Å². The van der Waals surface area contributed by atoms with Crippen molar-refractivity contribution >= 4 is 42.3 Å². The van der Waals surface area contributed by atoms with E-state index in [1.54, 1.807) is 27.7 Å². The molecule has 3 amide bonds. The summed E-state index contributed by atoms with van der Waals surface area (Å²) in [4.78, 5) is 59.8. The molecular formula is C19H34N4O7S. The molecule has 0 aromatic rings. The van der Waals surface area contributed by atoms with Crippen LogP contribution in [0.15, 0.2) is 0 Å². The van der Waals surface area contributed by atoms with Gasteiger partial charge in [0.1, 0.15) is 18.1 Å². The number of carboxylic acids is 2. The largest absolute Gasteiger partial charge is 0.481 e. The zero-order valence-corrected chi connectivity index (χ0v) is 19.1. The molecule has 0 saturated heterocycles. The zero-order chi connectivity index (χ0) is 24.3. The summed E-state index contributed by atoms with van der Waals surface area (Å²) in [5.41, 5.74) is 5.64. The summed E-state index contributed by atoms with van der Waals surface area (Å²) in [6, 6.07) is -4.38. The van der Waals surface area contributed by atoms with E-state index in [4.69, 9.17) is 10.8 Å². The Morgan fingerprint density at radius 1 is 0.903 bits per heavy atom. The number of aliphatic carboxylic acids is 2. The molecule has 0 aliphatic carbocycles. The number of nitrogens with one attached hydrogen (secondary N) is 3. The molecule has 0 fully saturated rings. The van der Waals surface area contributed by atoms with Gasteiger partial charge in [0, 0.05) is 12.2 Å². The number of hydrogen-bond donors (Lipinski definition) is 7. The molecule has 0 aliphatic heterocycles. The maximum atomic E-state index is 12.8. The van der Waals surface area contributed by atoms with E-state index in [0.717, 1.165) is 0 Å². The molecule has 0 rings (SSSR count). The molecule has 11 nitrogen and oxygen atoms in total. The van der Waals surface area contributed by atoms with Crippen molar-refractivity contribution < 1.29 is 34.2 Å². The molecule has 0 radical (unpaired) electrons.